The quantitative estimate of drug-likeness (QED) is 0.711. The summed E-state index contributed by atoms with van der Waals surface area (Å²) in [5, 5.41) is 4.68. The zero-order valence-electron chi connectivity index (χ0n) is 13.9. The maximum absolute atomic E-state index is 6.21. The summed E-state index contributed by atoms with van der Waals surface area (Å²) in [4.78, 5) is 4.83. The molecule has 0 amide bonds. The molecule has 0 N–H and O–H groups in total. The summed E-state index contributed by atoms with van der Waals surface area (Å²) in [6, 6.07) is 0. The Hall–Kier alpha value is -1.03. The molecule has 0 atom stereocenters. The van der Waals surface area contributed by atoms with Gasteiger partial charge in [-0.05, 0) is 25.7 Å². The molecule has 0 radical (unpaired) electrons. The third kappa shape index (κ3) is 2.48. The lowest BCUT2D eigenvalue weighted by molar-refractivity contribution is 0.249. The normalized spacial score (nSPS) is 12.5. The Morgan fingerprint density at radius 2 is 1.71 bits per heavy atom. The van der Waals surface area contributed by atoms with Crippen molar-refractivity contribution >= 4 is 22.8 Å². The molecule has 2 aromatic rings. The molecule has 2 rings (SSSR count). The van der Waals surface area contributed by atoms with Crippen molar-refractivity contribution in [2.24, 2.45) is 7.05 Å². The number of hydrogen-bond donors (Lipinski definition) is 0. The minimum atomic E-state index is 0.0796. The van der Waals surface area contributed by atoms with Gasteiger partial charge in [-0.25, -0.2) is 4.98 Å². The molecule has 0 fully saturated rings. The van der Waals surface area contributed by atoms with E-state index in [2.05, 4.69) is 37.4 Å². The first kappa shape index (κ1) is 16.3. The van der Waals surface area contributed by atoms with Gasteiger partial charge in [-0.1, -0.05) is 34.1 Å². The molecule has 0 saturated carbocycles. The largest absolute Gasteiger partial charge is 0.306 e. The Morgan fingerprint density at radius 3 is 2.19 bits per heavy atom. The molecule has 0 saturated heterocycles. The highest BCUT2D eigenvalue weighted by Crippen LogP contribution is 2.35. The number of fused-ring (bicyclic) bond motifs is 1. The first-order chi connectivity index (χ1) is 10.1. The highest BCUT2D eigenvalue weighted by atomic mass is 35.5. The fourth-order valence-electron chi connectivity index (χ4n) is 3.44. The van der Waals surface area contributed by atoms with Crippen LogP contribution in [0.4, 0.5) is 0 Å². The zero-order chi connectivity index (χ0) is 15.6. The van der Waals surface area contributed by atoms with Crippen LogP contribution in [-0.2, 0) is 24.9 Å². The van der Waals surface area contributed by atoms with Gasteiger partial charge in [-0.2, -0.15) is 5.10 Å². The van der Waals surface area contributed by atoms with E-state index in [1.807, 2.05) is 11.7 Å². The Balaban J connectivity index is 2.77. The minimum Gasteiger partial charge on any atom is -0.306 e. The van der Waals surface area contributed by atoms with Crippen LogP contribution >= 0.6 is 11.6 Å². The van der Waals surface area contributed by atoms with Gasteiger partial charge in [-0.15, -0.1) is 11.6 Å². The van der Waals surface area contributed by atoms with Crippen molar-refractivity contribution < 1.29 is 0 Å². The topological polar surface area (TPSA) is 35.6 Å². The average molecular weight is 311 g/mol. The lowest BCUT2D eigenvalue weighted by Crippen LogP contribution is -2.33. The Morgan fingerprint density at radius 1 is 1.10 bits per heavy atom. The molecule has 118 valence electrons. The predicted molar refractivity (Wildman–Crippen MR) is 88.9 cm³/mol. The van der Waals surface area contributed by atoms with Crippen LogP contribution in [0, 0.1) is 0 Å². The molecular weight excluding hydrogens is 284 g/mol. The van der Waals surface area contributed by atoms with Crippen LogP contribution in [0.3, 0.4) is 0 Å². The van der Waals surface area contributed by atoms with Gasteiger partial charge in [0.15, 0.2) is 5.65 Å². The van der Waals surface area contributed by atoms with Crippen molar-refractivity contribution in [2.45, 2.75) is 71.2 Å². The number of halogens is 1. The second-order valence-electron chi connectivity index (χ2n) is 5.77. The van der Waals surface area contributed by atoms with Crippen molar-refractivity contribution in [3.05, 3.63) is 11.5 Å². The fourth-order valence-corrected chi connectivity index (χ4v) is 3.62. The maximum atomic E-state index is 6.21. The summed E-state index contributed by atoms with van der Waals surface area (Å²) >= 11 is 6.21. The molecule has 0 bridgehead atoms. The van der Waals surface area contributed by atoms with Crippen LogP contribution < -0.4 is 0 Å². The van der Waals surface area contributed by atoms with E-state index >= 15 is 0 Å². The summed E-state index contributed by atoms with van der Waals surface area (Å²) in [6.07, 6.45) is 5.26. The van der Waals surface area contributed by atoms with Gasteiger partial charge in [0.25, 0.3) is 0 Å². The molecule has 5 heteroatoms. The van der Waals surface area contributed by atoms with Crippen LogP contribution in [0.25, 0.3) is 11.2 Å². The number of alkyl halides is 1. The maximum Gasteiger partial charge on any atom is 0.159 e. The summed E-state index contributed by atoms with van der Waals surface area (Å²) in [7, 11) is 2.02. The summed E-state index contributed by atoms with van der Waals surface area (Å²) in [5.41, 5.74) is 3.34. The van der Waals surface area contributed by atoms with Gasteiger partial charge in [-0.3, -0.25) is 4.68 Å². The average Bonchev–Trinajstić information content (AvgIpc) is 3.02. The third-order valence-electron chi connectivity index (χ3n) is 4.83. The molecule has 2 heterocycles. The van der Waals surface area contributed by atoms with E-state index in [4.69, 9.17) is 16.6 Å². The molecule has 0 aliphatic carbocycles. The standard InChI is InChI=1S/C16H27ClN4/c1-6-10-12-14-15(20(5)19-12)21(13(11-17)18-14)16(7-2,8-3)9-4/h6-11H2,1-5H3. The molecule has 21 heavy (non-hydrogen) atoms. The molecule has 0 aliphatic heterocycles. The van der Waals surface area contributed by atoms with Gasteiger partial charge in [0.2, 0.25) is 0 Å². The first-order valence-electron chi connectivity index (χ1n) is 8.08. The number of aromatic nitrogens is 4. The van der Waals surface area contributed by atoms with E-state index < -0.39 is 0 Å². The molecule has 0 aliphatic rings. The van der Waals surface area contributed by atoms with Crippen molar-refractivity contribution in [3.63, 3.8) is 0 Å². The Labute approximate surface area is 132 Å². The van der Waals surface area contributed by atoms with E-state index in [9.17, 15) is 0 Å². The summed E-state index contributed by atoms with van der Waals surface area (Å²) in [5.74, 6) is 1.42. The van der Waals surface area contributed by atoms with Crippen molar-refractivity contribution in [1.29, 1.82) is 0 Å². The summed E-state index contributed by atoms with van der Waals surface area (Å²) < 4.78 is 4.35. The lowest BCUT2D eigenvalue weighted by atomic mass is 9.89. The van der Waals surface area contributed by atoms with Gasteiger partial charge in [0, 0.05) is 12.6 Å². The highest BCUT2D eigenvalue weighted by Gasteiger charge is 2.32. The van der Waals surface area contributed by atoms with E-state index in [1.165, 1.54) is 0 Å². The fraction of sp³-hybridized carbons (Fsp3) is 0.750. The Kier molecular flexibility index (Phi) is 4.97. The monoisotopic (exact) mass is 310 g/mol. The van der Waals surface area contributed by atoms with Crippen LogP contribution in [0.5, 0.6) is 0 Å². The van der Waals surface area contributed by atoms with Crippen LogP contribution in [-0.4, -0.2) is 19.3 Å². The van der Waals surface area contributed by atoms with Gasteiger partial charge in [0.05, 0.1) is 11.6 Å². The number of nitrogens with zero attached hydrogens (tertiary/aromatic N) is 4. The van der Waals surface area contributed by atoms with E-state index in [-0.39, 0.29) is 5.54 Å². The first-order valence-corrected chi connectivity index (χ1v) is 8.61. The summed E-state index contributed by atoms with van der Waals surface area (Å²) in [6.45, 7) is 8.93. The molecular formula is C16H27ClN4. The molecule has 0 spiro atoms. The predicted octanol–water partition coefficient (Wildman–Crippen LogP) is 4.39. The van der Waals surface area contributed by atoms with E-state index in [1.54, 1.807) is 0 Å². The van der Waals surface area contributed by atoms with Crippen molar-refractivity contribution in [2.75, 3.05) is 0 Å². The Bertz CT molecular complexity index is 599. The van der Waals surface area contributed by atoms with Gasteiger partial charge in [0.1, 0.15) is 11.3 Å². The number of rotatable bonds is 7. The van der Waals surface area contributed by atoms with Crippen LogP contribution in [0.15, 0.2) is 0 Å². The number of aryl methyl sites for hydroxylation is 2. The molecule has 4 nitrogen and oxygen atoms in total. The van der Waals surface area contributed by atoms with Crippen LogP contribution in [0.1, 0.15) is 64.9 Å². The van der Waals surface area contributed by atoms with Gasteiger partial charge < -0.3 is 4.57 Å². The van der Waals surface area contributed by atoms with E-state index in [0.717, 1.165) is 54.8 Å². The zero-order valence-corrected chi connectivity index (χ0v) is 14.7. The van der Waals surface area contributed by atoms with Crippen molar-refractivity contribution in [1.82, 2.24) is 19.3 Å². The van der Waals surface area contributed by atoms with Gasteiger partial charge >= 0.3 is 0 Å². The number of imidazole rings is 1. The molecule has 0 aromatic carbocycles. The SMILES string of the molecule is CCCc1nn(C)c2c1nc(CCl)n2C(CC)(CC)CC. The molecule has 0 unspecified atom stereocenters. The molecule has 2 aromatic heterocycles. The second-order valence-corrected chi connectivity index (χ2v) is 6.04. The van der Waals surface area contributed by atoms with Crippen LogP contribution in [0.2, 0.25) is 0 Å². The smallest absolute Gasteiger partial charge is 0.159 e. The second kappa shape index (κ2) is 6.39. The van der Waals surface area contributed by atoms with E-state index in [0.29, 0.717) is 5.88 Å². The van der Waals surface area contributed by atoms with Crippen molar-refractivity contribution in [3.8, 4) is 0 Å². The minimum absolute atomic E-state index is 0.0796. The third-order valence-corrected chi connectivity index (χ3v) is 5.07. The lowest BCUT2D eigenvalue weighted by Gasteiger charge is -2.34. The highest BCUT2D eigenvalue weighted by molar-refractivity contribution is 6.16. The number of hydrogen-bond acceptors (Lipinski definition) is 2.